The number of carbonyl (C=O) groups excluding carboxylic acids is 1. The van der Waals surface area contributed by atoms with E-state index in [9.17, 15) is 14.9 Å². The molecule has 29 heavy (non-hydrogen) atoms. The van der Waals surface area contributed by atoms with Crippen molar-refractivity contribution >= 4 is 17.6 Å². The topological polar surface area (TPSA) is 103 Å². The van der Waals surface area contributed by atoms with Crippen LogP contribution in [-0.4, -0.2) is 45.5 Å². The zero-order valence-electron chi connectivity index (χ0n) is 17.0. The Bertz CT molecular complexity index is 944. The Kier molecular flexibility index (Phi) is 5.97. The van der Waals surface area contributed by atoms with Gasteiger partial charge in [-0.1, -0.05) is 13.8 Å². The summed E-state index contributed by atoms with van der Waals surface area (Å²) in [6.45, 7) is 8.40. The first-order chi connectivity index (χ1) is 13.9. The summed E-state index contributed by atoms with van der Waals surface area (Å²) in [5.74, 6) is 0.173. The number of non-ortho nitro benzene ring substituents is 1. The molecule has 0 saturated heterocycles. The number of imidazole rings is 1. The maximum Gasteiger partial charge on any atom is 0.337 e. The fourth-order valence-electron chi connectivity index (χ4n) is 3.61. The van der Waals surface area contributed by atoms with Gasteiger partial charge in [-0.05, 0) is 37.7 Å². The number of hydrogen-bond acceptors (Lipinski definition) is 7. The molecule has 9 nitrogen and oxygen atoms in total. The summed E-state index contributed by atoms with van der Waals surface area (Å²) in [6, 6.07) is 5.75. The second-order valence-electron chi connectivity index (χ2n) is 6.81. The number of nitrogens with one attached hydrogen (secondary N) is 1. The molecular formula is C20H25N5O4. The Hall–Kier alpha value is -3.20. The molecule has 1 N–H and O–H groups in total. The molecule has 2 aromatic rings. The van der Waals surface area contributed by atoms with Gasteiger partial charge in [-0.15, -0.1) is 0 Å². The van der Waals surface area contributed by atoms with Crippen LogP contribution in [0, 0.1) is 10.1 Å². The highest BCUT2D eigenvalue weighted by Gasteiger charge is 2.35. The lowest BCUT2D eigenvalue weighted by atomic mass is 9.95. The Balaban J connectivity index is 2.15. The van der Waals surface area contributed by atoms with Crippen molar-refractivity contribution in [2.75, 3.05) is 25.5 Å². The monoisotopic (exact) mass is 399 g/mol. The van der Waals surface area contributed by atoms with Crippen LogP contribution in [0.4, 0.5) is 11.6 Å². The molecule has 0 aliphatic carbocycles. The molecule has 2 heterocycles. The van der Waals surface area contributed by atoms with Crippen molar-refractivity contribution in [2.24, 2.45) is 0 Å². The molecule has 0 bridgehead atoms. The van der Waals surface area contributed by atoms with Gasteiger partial charge in [-0.25, -0.2) is 9.78 Å². The maximum atomic E-state index is 12.6. The van der Waals surface area contributed by atoms with Gasteiger partial charge in [0.1, 0.15) is 0 Å². The Labute approximate surface area is 169 Å². The number of carbonyl (C=O) groups is 1. The number of hydrogen-bond donors (Lipinski definition) is 1. The lowest BCUT2D eigenvalue weighted by Gasteiger charge is -2.31. The Morgan fingerprint density at radius 2 is 1.97 bits per heavy atom. The molecular weight excluding hydrogens is 374 g/mol. The average molecular weight is 399 g/mol. The number of fused-ring (bicyclic) bond motifs is 1. The summed E-state index contributed by atoms with van der Waals surface area (Å²) in [6.07, 6.45) is 1.80. The molecule has 1 aliphatic heterocycles. The van der Waals surface area contributed by atoms with E-state index in [-0.39, 0.29) is 5.69 Å². The Morgan fingerprint density at radius 3 is 2.52 bits per heavy atom. The highest BCUT2D eigenvalue weighted by atomic mass is 16.6. The molecule has 0 spiro atoms. The van der Waals surface area contributed by atoms with Crippen molar-refractivity contribution in [3.63, 3.8) is 0 Å². The molecule has 1 aromatic carbocycles. The maximum absolute atomic E-state index is 12.6. The summed E-state index contributed by atoms with van der Waals surface area (Å²) >= 11 is 0. The van der Waals surface area contributed by atoms with Gasteiger partial charge in [0.2, 0.25) is 5.95 Å². The lowest BCUT2D eigenvalue weighted by Crippen LogP contribution is -2.31. The molecule has 154 valence electrons. The second kappa shape index (κ2) is 8.44. The predicted octanol–water partition coefficient (Wildman–Crippen LogP) is 3.10. The number of nitro benzene ring substituents is 1. The molecule has 9 heteroatoms. The van der Waals surface area contributed by atoms with E-state index in [1.807, 2.05) is 4.57 Å². The minimum absolute atomic E-state index is 0.00257. The number of rotatable bonds is 7. The van der Waals surface area contributed by atoms with Crippen LogP contribution >= 0.6 is 0 Å². The van der Waals surface area contributed by atoms with Crippen LogP contribution < -0.4 is 5.32 Å². The van der Waals surface area contributed by atoms with E-state index >= 15 is 0 Å². The number of anilines is 1. The molecule has 0 amide bonds. The number of nitro groups is 1. The number of allylic oxidation sites excluding steroid dienone is 1. The number of benzene rings is 1. The summed E-state index contributed by atoms with van der Waals surface area (Å²) in [4.78, 5) is 30.0. The number of methoxy groups -OCH3 is 1. The third kappa shape index (κ3) is 3.86. The van der Waals surface area contributed by atoms with Crippen LogP contribution in [-0.2, 0) is 16.1 Å². The zero-order chi connectivity index (χ0) is 21.1. The van der Waals surface area contributed by atoms with Gasteiger partial charge in [0.25, 0.3) is 5.69 Å². The van der Waals surface area contributed by atoms with Gasteiger partial charge < -0.3 is 14.6 Å². The summed E-state index contributed by atoms with van der Waals surface area (Å²) in [5.41, 5.74) is 2.78. The van der Waals surface area contributed by atoms with Crippen molar-refractivity contribution in [3.05, 3.63) is 63.1 Å². The molecule has 3 rings (SSSR count). The van der Waals surface area contributed by atoms with Crippen LogP contribution in [0.1, 0.15) is 38.1 Å². The van der Waals surface area contributed by atoms with Crippen LogP contribution in [0.25, 0.3) is 0 Å². The SMILES string of the molecule is CCN(CC)Cc1cnc2n1C(c1ccc([N+](=O)[O-])cc1)C(C(=O)OC)=C(C)N2. The van der Waals surface area contributed by atoms with Crippen molar-refractivity contribution in [2.45, 2.75) is 33.4 Å². The van der Waals surface area contributed by atoms with Gasteiger partial charge in [0.05, 0.1) is 35.5 Å². The number of nitrogens with zero attached hydrogens (tertiary/aromatic N) is 4. The smallest absolute Gasteiger partial charge is 0.337 e. The molecule has 0 radical (unpaired) electrons. The second-order valence-corrected chi connectivity index (χ2v) is 6.81. The number of ether oxygens (including phenoxy) is 1. The summed E-state index contributed by atoms with van der Waals surface area (Å²) in [7, 11) is 1.34. The molecule has 0 fully saturated rings. The fraction of sp³-hybridized carbons (Fsp3) is 0.400. The third-order valence-corrected chi connectivity index (χ3v) is 5.21. The van der Waals surface area contributed by atoms with Crippen LogP contribution in [0.2, 0.25) is 0 Å². The third-order valence-electron chi connectivity index (χ3n) is 5.21. The van der Waals surface area contributed by atoms with E-state index in [1.165, 1.54) is 19.2 Å². The van der Waals surface area contributed by atoms with Gasteiger partial charge in [-0.2, -0.15) is 0 Å². The quantitative estimate of drug-likeness (QED) is 0.433. The van der Waals surface area contributed by atoms with E-state index in [1.54, 1.807) is 25.3 Å². The van der Waals surface area contributed by atoms with E-state index in [0.29, 0.717) is 23.8 Å². The Morgan fingerprint density at radius 1 is 1.31 bits per heavy atom. The first-order valence-corrected chi connectivity index (χ1v) is 9.50. The minimum atomic E-state index is -0.493. The lowest BCUT2D eigenvalue weighted by molar-refractivity contribution is -0.384. The van der Waals surface area contributed by atoms with Gasteiger partial charge in [0.15, 0.2) is 0 Å². The highest BCUT2D eigenvalue weighted by molar-refractivity contribution is 5.92. The minimum Gasteiger partial charge on any atom is -0.466 e. The van der Waals surface area contributed by atoms with Crippen LogP contribution in [0.3, 0.4) is 0 Å². The highest BCUT2D eigenvalue weighted by Crippen LogP contribution is 2.38. The van der Waals surface area contributed by atoms with Crippen molar-refractivity contribution in [1.82, 2.24) is 14.5 Å². The van der Waals surface area contributed by atoms with Crippen LogP contribution in [0.15, 0.2) is 41.7 Å². The van der Waals surface area contributed by atoms with Crippen LogP contribution in [0.5, 0.6) is 0 Å². The van der Waals surface area contributed by atoms with Crippen molar-refractivity contribution < 1.29 is 14.5 Å². The van der Waals surface area contributed by atoms with E-state index < -0.39 is 16.9 Å². The molecule has 1 atom stereocenters. The summed E-state index contributed by atoms with van der Waals surface area (Å²) < 4.78 is 7.01. The van der Waals surface area contributed by atoms with Crippen molar-refractivity contribution in [1.29, 1.82) is 0 Å². The van der Waals surface area contributed by atoms with E-state index in [2.05, 4.69) is 29.0 Å². The standard InChI is InChI=1S/C20H25N5O4/c1-5-23(6-2)12-16-11-21-20-22-13(3)17(19(26)29-4)18(24(16)20)14-7-9-15(10-8-14)25(27)28/h7-11,18H,5-6,12H2,1-4H3,(H,21,22). The number of esters is 1. The van der Waals surface area contributed by atoms with Crippen molar-refractivity contribution in [3.8, 4) is 0 Å². The number of aromatic nitrogens is 2. The van der Waals surface area contributed by atoms with E-state index in [0.717, 1.165) is 24.3 Å². The normalized spacial score (nSPS) is 15.8. The van der Waals surface area contributed by atoms with Gasteiger partial charge in [0, 0.05) is 24.4 Å². The zero-order valence-corrected chi connectivity index (χ0v) is 17.0. The fourth-order valence-corrected chi connectivity index (χ4v) is 3.61. The average Bonchev–Trinajstić information content (AvgIpc) is 3.12. The predicted molar refractivity (Wildman–Crippen MR) is 108 cm³/mol. The van der Waals surface area contributed by atoms with Gasteiger partial charge >= 0.3 is 5.97 Å². The molecule has 1 aromatic heterocycles. The summed E-state index contributed by atoms with van der Waals surface area (Å²) in [5, 5.41) is 14.2. The first kappa shape index (κ1) is 20.5. The van der Waals surface area contributed by atoms with Gasteiger partial charge in [-0.3, -0.25) is 15.0 Å². The molecule has 0 saturated carbocycles. The first-order valence-electron chi connectivity index (χ1n) is 9.50. The molecule has 1 aliphatic rings. The largest absolute Gasteiger partial charge is 0.466 e. The molecule has 1 unspecified atom stereocenters. The van der Waals surface area contributed by atoms with E-state index in [4.69, 9.17) is 4.74 Å².